The molecule has 1 aliphatic heterocycles. The summed E-state index contributed by atoms with van der Waals surface area (Å²) in [6.07, 6.45) is 0. The second-order valence-corrected chi connectivity index (χ2v) is 7.97. The van der Waals surface area contributed by atoms with Gasteiger partial charge in [0.25, 0.3) is 15.9 Å². The number of nitrogens with zero attached hydrogens (tertiary/aromatic N) is 2. The van der Waals surface area contributed by atoms with Crippen molar-refractivity contribution in [3.8, 4) is 5.75 Å². The van der Waals surface area contributed by atoms with Crippen LogP contribution in [0, 0.1) is 0 Å². The van der Waals surface area contributed by atoms with Gasteiger partial charge in [-0.2, -0.15) is 5.10 Å². The van der Waals surface area contributed by atoms with Crippen LogP contribution in [0.3, 0.4) is 0 Å². The van der Waals surface area contributed by atoms with E-state index in [1.807, 2.05) is 0 Å². The molecule has 2 aromatic carbocycles. The van der Waals surface area contributed by atoms with E-state index in [2.05, 4.69) is 10.5 Å². The summed E-state index contributed by atoms with van der Waals surface area (Å²) in [5, 5.41) is 14.5. The summed E-state index contributed by atoms with van der Waals surface area (Å²) in [5.74, 6) is -0.645. The van der Waals surface area contributed by atoms with Gasteiger partial charge < -0.3 is 9.84 Å². The van der Waals surface area contributed by atoms with Crippen LogP contribution >= 0.6 is 0 Å². The van der Waals surface area contributed by atoms with Crippen molar-refractivity contribution in [3.05, 3.63) is 65.4 Å². The Balaban J connectivity index is 1.94. The van der Waals surface area contributed by atoms with Gasteiger partial charge in [-0.05, 0) is 31.2 Å². The van der Waals surface area contributed by atoms with Crippen molar-refractivity contribution in [2.75, 3.05) is 14.2 Å². The minimum Gasteiger partial charge on any atom is -0.505 e. The maximum atomic E-state index is 12.6. The molecule has 9 heteroatoms. The quantitative estimate of drug-likeness (QED) is 0.602. The van der Waals surface area contributed by atoms with E-state index in [-0.39, 0.29) is 10.5 Å². The maximum Gasteiger partial charge on any atom is 0.292 e. The van der Waals surface area contributed by atoms with E-state index in [0.29, 0.717) is 17.0 Å². The Kier molecular flexibility index (Phi) is 5.10. The number of methoxy groups -OCH3 is 1. The molecule has 0 atom stereocenters. The zero-order chi connectivity index (χ0) is 20.5. The number of sulfonamides is 1. The van der Waals surface area contributed by atoms with Crippen molar-refractivity contribution in [1.29, 1.82) is 0 Å². The van der Waals surface area contributed by atoms with E-state index in [1.54, 1.807) is 50.4 Å². The standard InChI is InChI=1S/C19H19N3O5S/c1-12(13-7-6-8-14(11-13)27-3)20-21-19(24)17-18(23)15-9-4-5-10-16(15)28(25,26)22(17)2/h4-11,23H,1-3H3,(H,21,24)/b20-12+. The largest absolute Gasteiger partial charge is 0.505 e. The zero-order valence-corrected chi connectivity index (χ0v) is 16.3. The predicted octanol–water partition coefficient (Wildman–Crippen LogP) is 2.10. The molecule has 0 spiro atoms. The summed E-state index contributed by atoms with van der Waals surface area (Å²) >= 11 is 0. The number of likely N-dealkylation sites (N-methyl/N-ethyl adjacent to an activating group) is 1. The highest BCUT2D eigenvalue weighted by atomic mass is 32.2. The Labute approximate surface area is 162 Å². The molecule has 3 rings (SSSR count). The van der Waals surface area contributed by atoms with E-state index in [4.69, 9.17) is 4.74 Å². The van der Waals surface area contributed by atoms with Crippen LogP contribution < -0.4 is 10.2 Å². The highest BCUT2D eigenvalue weighted by Crippen LogP contribution is 2.34. The van der Waals surface area contributed by atoms with Gasteiger partial charge in [-0.15, -0.1) is 0 Å². The van der Waals surface area contributed by atoms with Crippen molar-refractivity contribution < 1.29 is 23.1 Å². The van der Waals surface area contributed by atoms with Crippen molar-refractivity contribution in [3.63, 3.8) is 0 Å². The molecular weight excluding hydrogens is 382 g/mol. The first kappa shape index (κ1) is 19.4. The van der Waals surface area contributed by atoms with Gasteiger partial charge in [0.15, 0.2) is 11.5 Å². The molecular formula is C19H19N3O5S. The molecule has 0 aliphatic carbocycles. The van der Waals surface area contributed by atoms with Crippen molar-refractivity contribution in [2.24, 2.45) is 5.10 Å². The molecule has 0 bridgehead atoms. The number of aliphatic hydroxyl groups is 1. The summed E-state index contributed by atoms with van der Waals surface area (Å²) in [7, 11) is -1.21. The first-order chi connectivity index (χ1) is 13.3. The highest BCUT2D eigenvalue weighted by molar-refractivity contribution is 7.89. The number of nitrogens with one attached hydrogen (secondary N) is 1. The minimum absolute atomic E-state index is 0.0670. The minimum atomic E-state index is -3.96. The summed E-state index contributed by atoms with van der Waals surface area (Å²) in [4.78, 5) is 12.5. The molecule has 2 N–H and O–H groups in total. The SMILES string of the molecule is COc1cccc(/C(C)=N/NC(=O)C2=C(O)c3ccccc3S(=O)(=O)N2C)c1. The fourth-order valence-corrected chi connectivity index (χ4v) is 4.18. The fraction of sp³-hybridized carbons (Fsp3) is 0.158. The molecule has 1 heterocycles. The van der Waals surface area contributed by atoms with E-state index in [9.17, 15) is 18.3 Å². The lowest BCUT2D eigenvalue weighted by Crippen LogP contribution is -2.38. The second kappa shape index (κ2) is 7.35. The summed E-state index contributed by atoms with van der Waals surface area (Å²) < 4.78 is 31.2. The third kappa shape index (κ3) is 3.31. The molecule has 1 amide bonds. The zero-order valence-electron chi connectivity index (χ0n) is 15.5. The maximum absolute atomic E-state index is 12.6. The monoisotopic (exact) mass is 401 g/mol. The van der Waals surface area contributed by atoms with E-state index < -0.39 is 27.4 Å². The van der Waals surface area contributed by atoms with Gasteiger partial charge in [0.05, 0.1) is 17.7 Å². The van der Waals surface area contributed by atoms with Crippen LogP contribution in [0.25, 0.3) is 5.76 Å². The van der Waals surface area contributed by atoms with Crippen molar-refractivity contribution in [2.45, 2.75) is 11.8 Å². The van der Waals surface area contributed by atoms with Crippen molar-refractivity contribution in [1.82, 2.24) is 9.73 Å². The Bertz CT molecular complexity index is 1110. The topological polar surface area (TPSA) is 108 Å². The van der Waals surface area contributed by atoms with Crippen LogP contribution in [-0.2, 0) is 14.8 Å². The van der Waals surface area contributed by atoms with Crippen LogP contribution in [0.15, 0.2) is 64.2 Å². The van der Waals surface area contributed by atoms with Crippen LogP contribution in [0.1, 0.15) is 18.1 Å². The first-order valence-electron chi connectivity index (χ1n) is 8.28. The smallest absolute Gasteiger partial charge is 0.292 e. The van der Waals surface area contributed by atoms with Gasteiger partial charge in [0, 0.05) is 18.2 Å². The van der Waals surface area contributed by atoms with Crippen LogP contribution in [0.5, 0.6) is 5.75 Å². The molecule has 0 saturated heterocycles. The molecule has 8 nitrogen and oxygen atoms in total. The van der Waals surface area contributed by atoms with E-state index in [0.717, 1.165) is 4.31 Å². The molecule has 0 fully saturated rings. The van der Waals surface area contributed by atoms with Crippen LogP contribution in [-0.4, -0.2) is 43.6 Å². The lowest BCUT2D eigenvalue weighted by molar-refractivity contribution is -0.118. The average Bonchev–Trinajstić information content (AvgIpc) is 2.71. The molecule has 28 heavy (non-hydrogen) atoms. The van der Waals surface area contributed by atoms with Crippen LogP contribution in [0.2, 0.25) is 0 Å². The second-order valence-electron chi connectivity index (χ2n) is 6.04. The number of aliphatic hydroxyl groups excluding tert-OH is 1. The van der Waals surface area contributed by atoms with Crippen molar-refractivity contribution >= 4 is 27.4 Å². The number of carbonyl (C=O) groups is 1. The Morgan fingerprint density at radius 3 is 2.61 bits per heavy atom. The molecule has 0 radical (unpaired) electrons. The number of hydrazone groups is 1. The third-order valence-corrected chi connectivity index (χ3v) is 6.16. The molecule has 146 valence electrons. The van der Waals surface area contributed by atoms with Gasteiger partial charge >= 0.3 is 0 Å². The summed E-state index contributed by atoms with van der Waals surface area (Å²) in [6.45, 7) is 1.68. The van der Waals surface area contributed by atoms with Gasteiger partial charge in [-0.3, -0.25) is 9.10 Å². The normalized spacial score (nSPS) is 15.8. The molecule has 2 aromatic rings. The van der Waals surface area contributed by atoms with Gasteiger partial charge in [-0.1, -0.05) is 24.3 Å². The highest BCUT2D eigenvalue weighted by Gasteiger charge is 2.37. The molecule has 0 saturated carbocycles. The van der Waals surface area contributed by atoms with E-state index in [1.165, 1.54) is 19.2 Å². The number of hydrogen-bond acceptors (Lipinski definition) is 6. The van der Waals surface area contributed by atoms with Crippen LogP contribution in [0.4, 0.5) is 0 Å². The number of ether oxygens (including phenoxy) is 1. The lowest BCUT2D eigenvalue weighted by atomic mass is 10.1. The Morgan fingerprint density at radius 2 is 1.89 bits per heavy atom. The Hall–Kier alpha value is -3.33. The number of benzene rings is 2. The number of hydrogen-bond donors (Lipinski definition) is 2. The third-order valence-electron chi connectivity index (χ3n) is 4.35. The number of fused-ring (bicyclic) bond motifs is 1. The summed E-state index contributed by atoms with van der Waals surface area (Å²) in [5.41, 5.74) is 3.16. The summed E-state index contributed by atoms with van der Waals surface area (Å²) in [6, 6.07) is 13.0. The van der Waals surface area contributed by atoms with Gasteiger partial charge in [0.2, 0.25) is 0 Å². The van der Waals surface area contributed by atoms with Gasteiger partial charge in [-0.25, -0.2) is 13.8 Å². The molecule has 1 aliphatic rings. The lowest BCUT2D eigenvalue weighted by Gasteiger charge is -2.27. The number of amides is 1. The number of rotatable bonds is 4. The van der Waals surface area contributed by atoms with Gasteiger partial charge in [0.1, 0.15) is 5.75 Å². The number of carbonyl (C=O) groups excluding carboxylic acids is 1. The predicted molar refractivity (Wildman–Crippen MR) is 104 cm³/mol. The molecule has 0 unspecified atom stereocenters. The molecule has 0 aromatic heterocycles. The average molecular weight is 401 g/mol. The fourth-order valence-electron chi connectivity index (χ4n) is 2.78. The van der Waals surface area contributed by atoms with E-state index >= 15 is 0 Å². The Morgan fingerprint density at radius 1 is 1.18 bits per heavy atom. The first-order valence-corrected chi connectivity index (χ1v) is 9.72.